The Labute approximate surface area is 70.1 Å². The fourth-order valence-electron chi connectivity index (χ4n) is 1.26. The van der Waals surface area contributed by atoms with Gasteiger partial charge in [-0.3, -0.25) is 4.79 Å². The third-order valence-corrected chi connectivity index (χ3v) is 2.04. The van der Waals surface area contributed by atoms with Crippen molar-refractivity contribution < 1.29 is 14.7 Å². The molecule has 0 radical (unpaired) electrons. The molecule has 1 aliphatic heterocycles. The molecule has 1 fully saturated rings. The maximum atomic E-state index is 10.5. The molecule has 68 valence electrons. The molecule has 12 heavy (non-hydrogen) atoms. The van der Waals surface area contributed by atoms with Crippen LogP contribution in [-0.2, 0) is 4.79 Å². The van der Waals surface area contributed by atoms with E-state index in [-0.39, 0.29) is 6.42 Å². The van der Waals surface area contributed by atoms with Gasteiger partial charge in [0, 0.05) is 19.5 Å². The van der Waals surface area contributed by atoms with Crippen LogP contribution in [0.2, 0.25) is 0 Å². The molecule has 1 heterocycles. The van der Waals surface area contributed by atoms with Crippen LogP contribution < -0.4 is 5.73 Å². The fourth-order valence-corrected chi connectivity index (χ4v) is 1.26. The number of hydrogen-bond donors (Lipinski definition) is 2. The molecule has 1 saturated heterocycles. The Morgan fingerprint density at radius 3 is 2.50 bits per heavy atom. The average molecular weight is 172 g/mol. The van der Waals surface area contributed by atoms with Crippen molar-refractivity contribution in [1.82, 2.24) is 4.90 Å². The molecule has 0 bridgehead atoms. The summed E-state index contributed by atoms with van der Waals surface area (Å²) in [6.07, 6.45) is 0.816. The monoisotopic (exact) mass is 172 g/mol. The van der Waals surface area contributed by atoms with E-state index in [4.69, 9.17) is 10.8 Å². The van der Waals surface area contributed by atoms with Gasteiger partial charge in [0.1, 0.15) is 0 Å². The van der Waals surface area contributed by atoms with Crippen molar-refractivity contribution in [2.24, 2.45) is 11.7 Å². The van der Waals surface area contributed by atoms with Gasteiger partial charge in [0.25, 0.3) is 0 Å². The quantitative estimate of drug-likeness (QED) is 0.621. The van der Waals surface area contributed by atoms with E-state index in [0.29, 0.717) is 25.4 Å². The Morgan fingerprint density at radius 1 is 1.50 bits per heavy atom. The molecular weight excluding hydrogens is 160 g/mol. The van der Waals surface area contributed by atoms with Crippen molar-refractivity contribution in [2.45, 2.75) is 12.8 Å². The number of rotatable bonds is 3. The van der Waals surface area contributed by atoms with Gasteiger partial charge in [0.15, 0.2) is 0 Å². The van der Waals surface area contributed by atoms with Crippen molar-refractivity contribution >= 4 is 12.0 Å². The highest BCUT2D eigenvalue weighted by Gasteiger charge is 2.28. The molecule has 5 heteroatoms. The van der Waals surface area contributed by atoms with Gasteiger partial charge >= 0.3 is 12.0 Å². The summed E-state index contributed by atoms with van der Waals surface area (Å²) in [7, 11) is 0. The van der Waals surface area contributed by atoms with Crippen LogP contribution >= 0.6 is 0 Å². The smallest absolute Gasteiger partial charge is 0.314 e. The molecule has 1 rings (SSSR count). The summed E-state index contributed by atoms with van der Waals surface area (Å²) in [5, 5.41) is 8.35. The number of carboxylic acid groups (broad SMARTS) is 1. The topological polar surface area (TPSA) is 83.6 Å². The van der Waals surface area contributed by atoms with Crippen LogP contribution in [0.15, 0.2) is 0 Å². The molecule has 0 aliphatic carbocycles. The molecule has 3 N–H and O–H groups in total. The van der Waals surface area contributed by atoms with Crippen molar-refractivity contribution in [1.29, 1.82) is 0 Å². The first-order valence-corrected chi connectivity index (χ1v) is 3.85. The van der Waals surface area contributed by atoms with Crippen LogP contribution in [0.5, 0.6) is 0 Å². The van der Waals surface area contributed by atoms with E-state index in [0.717, 1.165) is 0 Å². The maximum Gasteiger partial charge on any atom is 0.314 e. The first-order chi connectivity index (χ1) is 5.59. The van der Waals surface area contributed by atoms with E-state index in [1.54, 1.807) is 0 Å². The maximum absolute atomic E-state index is 10.5. The van der Waals surface area contributed by atoms with Crippen LogP contribution in [0.1, 0.15) is 12.8 Å². The van der Waals surface area contributed by atoms with Gasteiger partial charge in [-0.25, -0.2) is 4.79 Å². The summed E-state index contributed by atoms with van der Waals surface area (Å²) in [5.74, 6) is -0.457. The highest BCUT2D eigenvalue weighted by molar-refractivity contribution is 5.73. The summed E-state index contributed by atoms with van der Waals surface area (Å²) in [4.78, 5) is 22.2. The number of nitrogens with two attached hydrogens (primary N) is 1. The largest absolute Gasteiger partial charge is 0.481 e. The summed E-state index contributed by atoms with van der Waals surface area (Å²) < 4.78 is 0. The molecule has 0 atom stereocenters. The summed E-state index contributed by atoms with van der Waals surface area (Å²) >= 11 is 0. The average Bonchev–Trinajstić information content (AvgIpc) is 1.82. The number of primary amides is 1. The number of hydrogen-bond acceptors (Lipinski definition) is 2. The molecule has 5 nitrogen and oxygen atoms in total. The second-order valence-electron chi connectivity index (χ2n) is 3.04. The van der Waals surface area contributed by atoms with Crippen LogP contribution in [0.25, 0.3) is 0 Å². The SMILES string of the molecule is NC(=O)N1CC(CCC(=O)O)C1. The molecule has 0 unspecified atom stereocenters. The zero-order valence-corrected chi connectivity index (χ0v) is 6.69. The van der Waals surface area contributed by atoms with Crippen LogP contribution in [0, 0.1) is 5.92 Å². The number of carbonyl (C=O) groups excluding carboxylic acids is 1. The molecule has 1 aliphatic rings. The number of carbonyl (C=O) groups is 2. The van der Waals surface area contributed by atoms with E-state index < -0.39 is 12.0 Å². The minimum absolute atomic E-state index is 0.178. The third-order valence-electron chi connectivity index (χ3n) is 2.04. The van der Waals surface area contributed by atoms with Crippen molar-refractivity contribution in [3.63, 3.8) is 0 Å². The third kappa shape index (κ3) is 2.11. The Balaban J connectivity index is 2.10. The molecule has 0 aromatic rings. The number of carboxylic acids is 1. The standard InChI is InChI=1S/C7H12N2O3/c8-7(12)9-3-5(4-9)1-2-6(10)11/h5H,1-4H2,(H2,8,12)(H,10,11). The van der Waals surface area contributed by atoms with Crippen molar-refractivity contribution in [2.75, 3.05) is 13.1 Å². The number of urea groups is 1. The second kappa shape index (κ2) is 3.42. The molecular formula is C7H12N2O3. The van der Waals surface area contributed by atoms with Gasteiger partial charge in [0.05, 0.1) is 0 Å². The van der Waals surface area contributed by atoms with E-state index in [2.05, 4.69) is 0 Å². The summed E-state index contributed by atoms with van der Waals surface area (Å²) in [6, 6.07) is -0.415. The number of amides is 2. The fraction of sp³-hybridized carbons (Fsp3) is 0.714. The van der Waals surface area contributed by atoms with Gasteiger partial charge in [-0.2, -0.15) is 0 Å². The normalized spacial score (nSPS) is 17.2. The Bertz CT molecular complexity index is 196. The Hall–Kier alpha value is -1.26. The van der Waals surface area contributed by atoms with E-state index in [9.17, 15) is 9.59 Å². The number of nitrogens with zero attached hydrogens (tertiary/aromatic N) is 1. The lowest BCUT2D eigenvalue weighted by Crippen LogP contribution is -2.52. The van der Waals surface area contributed by atoms with Gasteiger partial charge in [-0.1, -0.05) is 0 Å². The highest BCUT2D eigenvalue weighted by atomic mass is 16.4. The van der Waals surface area contributed by atoms with Gasteiger partial charge in [0.2, 0.25) is 0 Å². The predicted molar refractivity (Wildman–Crippen MR) is 41.5 cm³/mol. The molecule has 0 aromatic carbocycles. The van der Waals surface area contributed by atoms with Crippen molar-refractivity contribution in [3.8, 4) is 0 Å². The highest BCUT2D eigenvalue weighted by Crippen LogP contribution is 2.19. The van der Waals surface area contributed by atoms with E-state index in [1.807, 2.05) is 0 Å². The lowest BCUT2D eigenvalue weighted by molar-refractivity contribution is -0.137. The second-order valence-corrected chi connectivity index (χ2v) is 3.04. The van der Waals surface area contributed by atoms with E-state index in [1.165, 1.54) is 4.90 Å². The summed E-state index contributed by atoms with van der Waals surface area (Å²) in [6.45, 7) is 1.23. The van der Waals surface area contributed by atoms with Crippen LogP contribution in [0.3, 0.4) is 0 Å². The molecule has 0 spiro atoms. The van der Waals surface area contributed by atoms with Crippen LogP contribution in [0.4, 0.5) is 4.79 Å². The Kier molecular flexibility index (Phi) is 2.52. The predicted octanol–water partition coefficient (Wildman–Crippen LogP) is -0.138. The van der Waals surface area contributed by atoms with Crippen LogP contribution in [-0.4, -0.2) is 35.1 Å². The lowest BCUT2D eigenvalue weighted by Gasteiger charge is -2.37. The first-order valence-electron chi connectivity index (χ1n) is 3.85. The molecule has 0 saturated carbocycles. The van der Waals surface area contributed by atoms with Gasteiger partial charge in [-0.05, 0) is 12.3 Å². The van der Waals surface area contributed by atoms with Gasteiger partial charge < -0.3 is 15.7 Å². The zero-order valence-electron chi connectivity index (χ0n) is 6.69. The molecule has 2 amide bonds. The Morgan fingerprint density at radius 2 is 2.08 bits per heavy atom. The van der Waals surface area contributed by atoms with E-state index >= 15 is 0 Å². The first kappa shape index (κ1) is 8.83. The lowest BCUT2D eigenvalue weighted by atomic mass is 9.95. The van der Waals surface area contributed by atoms with Gasteiger partial charge in [-0.15, -0.1) is 0 Å². The van der Waals surface area contributed by atoms with Crippen molar-refractivity contribution in [3.05, 3.63) is 0 Å². The zero-order chi connectivity index (χ0) is 9.14. The minimum Gasteiger partial charge on any atom is -0.481 e. The minimum atomic E-state index is -0.785. The number of likely N-dealkylation sites (tertiary alicyclic amines) is 1. The number of aliphatic carboxylic acids is 1. The summed E-state index contributed by atoms with van der Waals surface area (Å²) in [5.41, 5.74) is 4.99. The molecule has 0 aromatic heterocycles.